The Bertz CT molecular complexity index is 522. The maximum absolute atomic E-state index is 10.7. The van der Waals surface area contributed by atoms with Crippen LogP contribution in [0.15, 0.2) is 24.4 Å². The van der Waals surface area contributed by atoms with E-state index in [1.165, 1.54) is 6.08 Å². The molecule has 0 radical (unpaired) electrons. The first-order valence-electron chi connectivity index (χ1n) is 6.50. The lowest BCUT2D eigenvalue weighted by Gasteiger charge is -2.32. The fraction of sp³-hybridized carbons (Fsp3) is 0.429. The van der Waals surface area contributed by atoms with Gasteiger partial charge in [0, 0.05) is 17.7 Å². The van der Waals surface area contributed by atoms with E-state index < -0.39 is 13.0 Å². The smallest absolute Gasteiger partial charge is 0.399 e. The molecule has 2 rings (SSSR count). The molecule has 0 spiro atoms. The summed E-state index contributed by atoms with van der Waals surface area (Å²) in [5, 5.41) is 0. The van der Waals surface area contributed by atoms with E-state index in [-0.39, 0.29) is 11.2 Å². The Hall–Kier alpha value is -1.66. The van der Waals surface area contributed by atoms with Crippen LogP contribution >= 0.6 is 0 Å². The third-order valence-corrected chi connectivity index (χ3v) is 3.75. The fourth-order valence-electron chi connectivity index (χ4n) is 1.80. The molecule has 1 aromatic rings. The monoisotopic (exact) mass is 274 g/mol. The van der Waals surface area contributed by atoms with Gasteiger partial charge in [-0.25, -0.2) is 0 Å². The van der Waals surface area contributed by atoms with Crippen LogP contribution in [0.25, 0.3) is 6.08 Å². The van der Waals surface area contributed by atoms with Gasteiger partial charge in [0.15, 0.2) is 0 Å². The van der Waals surface area contributed by atoms with E-state index in [4.69, 9.17) is 15.0 Å². The summed E-state index contributed by atoms with van der Waals surface area (Å²) in [6.45, 7) is 8.02. The first-order valence-corrected chi connectivity index (χ1v) is 6.50. The highest BCUT2D eigenvalue weighted by atomic mass is 16.7. The van der Waals surface area contributed by atoms with Crippen molar-refractivity contribution < 1.29 is 14.1 Å². The van der Waals surface area contributed by atoms with Crippen LogP contribution in [0.4, 0.5) is 0 Å². The van der Waals surface area contributed by atoms with Crippen molar-refractivity contribution in [3.05, 3.63) is 30.1 Å². The Morgan fingerprint density at radius 3 is 2.30 bits per heavy atom. The molecule has 0 saturated carbocycles. The van der Waals surface area contributed by atoms with E-state index in [1.807, 2.05) is 33.8 Å². The molecular formula is C14H19BN2O3. The van der Waals surface area contributed by atoms with Crippen molar-refractivity contribution in [3.8, 4) is 0 Å². The molecule has 1 amide bonds. The molecule has 1 aromatic heterocycles. The SMILES string of the molecule is CC1(C)OB(c2ccc(C=CC(N)=O)nc2)OC1(C)C. The van der Waals surface area contributed by atoms with Gasteiger partial charge in [0.05, 0.1) is 16.9 Å². The number of nitrogens with two attached hydrogens (primary N) is 1. The van der Waals surface area contributed by atoms with Crippen molar-refractivity contribution in [1.82, 2.24) is 4.98 Å². The summed E-state index contributed by atoms with van der Waals surface area (Å²) in [6.07, 6.45) is 4.52. The van der Waals surface area contributed by atoms with Gasteiger partial charge in [-0.05, 0) is 39.8 Å². The van der Waals surface area contributed by atoms with Crippen LogP contribution in [0.5, 0.6) is 0 Å². The summed E-state index contributed by atoms with van der Waals surface area (Å²) in [7, 11) is -0.429. The van der Waals surface area contributed by atoms with Crippen LogP contribution in [0.3, 0.4) is 0 Å². The average molecular weight is 274 g/mol. The van der Waals surface area contributed by atoms with Crippen molar-refractivity contribution in [2.75, 3.05) is 0 Å². The third-order valence-electron chi connectivity index (χ3n) is 3.75. The highest BCUT2D eigenvalue weighted by Crippen LogP contribution is 2.36. The number of amides is 1. The van der Waals surface area contributed by atoms with Crippen LogP contribution in [0.2, 0.25) is 0 Å². The molecule has 1 aliphatic heterocycles. The second-order valence-electron chi connectivity index (χ2n) is 5.84. The number of carbonyl (C=O) groups excluding carboxylic acids is 1. The van der Waals surface area contributed by atoms with Crippen molar-refractivity contribution in [2.24, 2.45) is 5.73 Å². The molecule has 20 heavy (non-hydrogen) atoms. The lowest BCUT2D eigenvalue weighted by molar-refractivity contribution is -0.113. The Labute approximate surface area is 119 Å². The zero-order chi connectivity index (χ0) is 15.0. The Kier molecular flexibility index (Phi) is 3.71. The second-order valence-corrected chi connectivity index (χ2v) is 5.84. The van der Waals surface area contributed by atoms with E-state index in [9.17, 15) is 4.79 Å². The number of rotatable bonds is 3. The van der Waals surface area contributed by atoms with E-state index in [0.29, 0.717) is 5.69 Å². The number of hydrogen-bond acceptors (Lipinski definition) is 4. The summed E-state index contributed by atoms with van der Waals surface area (Å²) < 4.78 is 11.9. The highest BCUT2D eigenvalue weighted by Gasteiger charge is 2.51. The summed E-state index contributed by atoms with van der Waals surface area (Å²) in [5.41, 5.74) is 5.79. The quantitative estimate of drug-likeness (QED) is 0.655. The van der Waals surface area contributed by atoms with Gasteiger partial charge >= 0.3 is 7.12 Å². The number of carbonyl (C=O) groups is 1. The maximum atomic E-state index is 10.7. The van der Waals surface area contributed by atoms with Crippen molar-refractivity contribution in [2.45, 2.75) is 38.9 Å². The predicted molar refractivity (Wildman–Crippen MR) is 78.2 cm³/mol. The first-order chi connectivity index (χ1) is 9.21. The Morgan fingerprint density at radius 1 is 1.25 bits per heavy atom. The van der Waals surface area contributed by atoms with E-state index in [1.54, 1.807) is 18.3 Å². The van der Waals surface area contributed by atoms with Crippen LogP contribution < -0.4 is 11.2 Å². The molecule has 106 valence electrons. The molecule has 0 atom stereocenters. The van der Waals surface area contributed by atoms with Gasteiger partial charge in [-0.15, -0.1) is 0 Å². The van der Waals surface area contributed by atoms with Crippen molar-refractivity contribution in [3.63, 3.8) is 0 Å². The van der Waals surface area contributed by atoms with Gasteiger partial charge in [0.2, 0.25) is 5.91 Å². The first kappa shape index (κ1) is 14.7. The topological polar surface area (TPSA) is 74.4 Å². The number of hydrogen-bond donors (Lipinski definition) is 1. The summed E-state index contributed by atoms with van der Waals surface area (Å²) in [6, 6.07) is 3.66. The molecule has 2 heterocycles. The minimum atomic E-state index is -0.498. The Morgan fingerprint density at radius 2 is 1.85 bits per heavy atom. The standard InChI is InChI=1S/C14H19BN2O3/c1-13(2)14(3,4)20-15(19-13)10-5-6-11(17-9-10)7-8-12(16)18/h5-9H,1-4H3,(H2,16,18). The molecular weight excluding hydrogens is 255 g/mol. The molecule has 1 fully saturated rings. The van der Waals surface area contributed by atoms with E-state index >= 15 is 0 Å². The molecule has 5 nitrogen and oxygen atoms in total. The van der Waals surface area contributed by atoms with Crippen LogP contribution in [0, 0.1) is 0 Å². The second kappa shape index (κ2) is 5.03. The molecule has 2 N–H and O–H groups in total. The van der Waals surface area contributed by atoms with Gasteiger partial charge in [-0.3, -0.25) is 9.78 Å². The maximum Gasteiger partial charge on any atom is 0.496 e. The molecule has 0 bridgehead atoms. The summed E-state index contributed by atoms with van der Waals surface area (Å²) >= 11 is 0. The molecule has 1 aliphatic rings. The molecule has 0 unspecified atom stereocenters. The molecule has 0 aliphatic carbocycles. The van der Waals surface area contributed by atoms with Crippen molar-refractivity contribution >= 4 is 24.6 Å². The van der Waals surface area contributed by atoms with Crippen LogP contribution in [-0.2, 0) is 14.1 Å². The van der Waals surface area contributed by atoms with Gasteiger partial charge in [-0.1, -0.05) is 6.07 Å². The minimum Gasteiger partial charge on any atom is -0.399 e. The number of aromatic nitrogens is 1. The predicted octanol–water partition coefficient (Wildman–Crippen LogP) is 0.879. The van der Waals surface area contributed by atoms with E-state index in [2.05, 4.69) is 4.98 Å². The van der Waals surface area contributed by atoms with Crippen LogP contribution in [0.1, 0.15) is 33.4 Å². The largest absolute Gasteiger partial charge is 0.496 e. The normalized spacial score (nSPS) is 20.5. The fourth-order valence-corrected chi connectivity index (χ4v) is 1.80. The highest BCUT2D eigenvalue weighted by molar-refractivity contribution is 6.62. The van der Waals surface area contributed by atoms with Crippen LogP contribution in [-0.4, -0.2) is 29.2 Å². The number of primary amides is 1. The third kappa shape index (κ3) is 2.91. The lowest BCUT2D eigenvalue weighted by atomic mass is 9.80. The number of nitrogens with zero attached hydrogens (tertiary/aromatic N) is 1. The average Bonchev–Trinajstić information content (AvgIpc) is 2.56. The summed E-state index contributed by atoms with van der Waals surface area (Å²) in [5.74, 6) is -0.498. The van der Waals surface area contributed by atoms with Crippen molar-refractivity contribution in [1.29, 1.82) is 0 Å². The molecule has 0 aromatic carbocycles. The van der Waals surface area contributed by atoms with Gasteiger partial charge in [-0.2, -0.15) is 0 Å². The zero-order valence-corrected chi connectivity index (χ0v) is 12.2. The van der Waals surface area contributed by atoms with Gasteiger partial charge in [0.25, 0.3) is 0 Å². The Balaban J connectivity index is 2.14. The van der Waals surface area contributed by atoms with Gasteiger partial charge in [0.1, 0.15) is 0 Å². The van der Waals surface area contributed by atoms with E-state index in [0.717, 1.165) is 5.46 Å². The van der Waals surface area contributed by atoms with Gasteiger partial charge < -0.3 is 15.0 Å². The zero-order valence-electron chi connectivity index (χ0n) is 12.2. The molecule has 6 heteroatoms. The summed E-state index contributed by atoms with van der Waals surface area (Å²) in [4.78, 5) is 14.9. The lowest BCUT2D eigenvalue weighted by Crippen LogP contribution is -2.41. The number of pyridine rings is 1. The molecule has 1 saturated heterocycles. The minimum absolute atomic E-state index is 0.373.